The van der Waals surface area contributed by atoms with Crippen molar-refractivity contribution in [2.24, 2.45) is 16.5 Å². The predicted octanol–water partition coefficient (Wildman–Crippen LogP) is -1.91. The van der Waals surface area contributed by atoms with E-state index in [1.807, 2.05) is 35.2 Å². The molecule has 0 saturated carbocycles. The second-order valence-corrected chi connectivity index (χ2v) is 20.0. The largest absolute Gasteiger partial charge is 3.00 e. The second kappa shape index (κ2) is 39.9. The van der Waals surface area contributed by atoms with Gasteiger partial charge in [0.15, 0.2) is 5.96 Å². The minimum atomic E-state index is -1.05. The first-order valence-corrected chi connectivity index (χ1v) is 28.0. The van der Waals surface area contributed by atoms with E-state index in [2.05, 4.69) is 47.5 Å². The smallest absolute Gasteiger partial charge is 0.508 e. The Labute approximate surface area is 513 Å². The van der Waals surface area contributed by atoms with E-state index in [0.717, 1.165) is 5.56 Å². The van der Waals surface area contributed by atoms with Crippen molar-refractivity contribution in [1.29, 1.82) is 0 Å². The molecule has 3 aromatic rings. The number of amides is 7. The average Bonchev–Trinajstić information content (AvgIpc) is 3.65. The van der Waals surface area contributed by atoms with Gasteiger partial charge in [-0.05, 0) is 66.6 Å². The van der Waals surface area contributed by atoms with E-state index in [4.69, 9.17) is 11.5 Å². The van der Waals surface area contributed by atoms with Gasteiger partial charge >= 0.3 is 49.8 Å². The number of aliphatic carboxylic acids is 3. The first-order valence-electron chi connectivity index (χ1n) is 28.0. The normalized spacial score (nSPS) is 14.9. The summed E-state index contributed by atoms with van der Waals surface area (Å²) in [5.74, 6) is -5.83. The van der Waals surface area contributed by atoms with E-state index < -0.39 is 53.8 Å². The van der Waals surface area contributed by atoms with Gasteiger partial charge in [-0.25, -0.2) is 4.79 Å². The number of carboxylic acids is 3. The topological polar surface area (TPSA) is 408 Å². The molecule has 0 radical (unpaired) electrons. The van der Waals surface area contributed by atoms with E-state index in [0.29, 0.717) is 49.3 Å². The number of anilines is 1. The summed E-state index contributed by atoms with van der Waals surface area (Å²) >= 11 is 0. The van der Waals surface area contributed by atoms with Crippen LogP contribution in [-0.4, -0.2) is 255 Å². The summed E-state index contributed by atoms with van der Waals surface area (Å²) in [6, 6.07) is 20.1. The van der Waals surface area contributed by atoms with Crippen molar-refractivity contribution >= 4 is 91.0 Å². The van der Waals surface area contributed by atoms with Crippen LogP contribution in [0.1, 0.15) is 61.6 Å². The summed E-state index contributed by atoms with van der Waals surface area (Å²) in [5, 5.41) is 60.5. The molecule has 7 amide bonds. The minimum absolute atomic E-state index is 0. The molecule has 0 aliphatic carbocycles. The first kappa shape index (κ1) is 71.7. The number of hydrogen-bond donors (Lipinski definition) is 14. The zero-order valence-electron chi connectivity index (χ0n) is 48.1. The average molecular weight is 1290 g/mol. The third kappa shape index (κ3) is 29.7. The van der Waals surface area contributed by atoms with Gasteiger partial charge in [-0.3, -0.25) is 68.3 Å². The molecule has 4 rings (SSSR count). The maximum atomic E-state index is 14.4. The number of urea groups is 1. The number of aliphatic imine (C=N–C) groups is 1. The standard InChI is InChI=1S/C56H83N15O13.In/c1-2-46(73)61-23-25-64-56(84)67-55(58)63-21-7-11-45(53(82)65-34-39-12-18-43(72)19-13-39)66-54(83)51(40-8-4-3-5-9-40)41-14-16-42(17-15-41)59-22-24-62-52(81)44(57)10-6-20-60-47(74)35-68-26-28-69(36-48(75)76)30-32-71(38-50(79)80)33-31-70(29-27-68)37-49(77)78;/h3-5,8-9,12-19,44-45,51,59,72H,2,6-7,10-11,20-38,57H2,1H3,(H,60,74)(H,61,73)(H,62,81)(H,65,82)(H,66,83)(H,75,76)(H,77,78)(H,79,80)(H4,58,63,64,67,84);/q;+3/t44-,45-,51?;/m1./s1. The predicted molar refractivity (Wildman–Crippen MR) is 318 cm³/mol. The van der Waals surface area contributed by atoms with Gasteiger partial charge in [0.25, 0.3) is 0 Å². The summed E-state index contributed by atoms with van der Waals surface area (Å²) in [6.07, 6.45) is 1.42. The van der Waals surface area contributed by atoms with E-state index in [1.54, 1.807) is 58.0 Å². The van der Waals surface area contributed by atoms with Crippen LogP contribution in [0.3, 0.4) is 0 Å². The zero-order valence-corrected chi connectivity index (χ0v) is 51.4. The minimum Gasteiger partial charge on any atom is -0.508 e. The molecular formula is C56H83InN15O13+3. The quantitative estimate of drug-likeness (QED) is 0.0184. The van der Waals surface area contributed by atoms with Gasteiger partial charge in [0.2, 0.25) is 29.5 Å². The third-order valence-electron chi connectivity index (χ3n) is 13.4. The van der Waals surface area contributed by atoms with E-state index in [-0.39, 0.29) is 179 Å². The summed E-state index contributed by atoms with van der Waals surface area (Å²) in [5.41, 5.74) is 14.9. The molecule has 3 aromatic carbocycles. The maximum absolute atomic E-state index is 14.4. The van der Waals surface area contributed by atoms with Crippen molar-refractivity contribution in [3.8, 4) is 5.75 Å². The fourth-order valence-electron chi connectivity index (χ4n) is 8.83. The Bertz CT molecular complexity index is 2590. The molecule has 0 spiro atoms. The zero-order chi connectivity index (χ0) is 61.2. The molecular weight excluding hydrogens is 1210 g/mol. The molecule has 29 heteroatoms. The van der Waals surface area contributed by atoms with Gasteiger partial charge in [-0.1, -0.05) is 61.5 Å². The van der Waals surface area contributed by atoms with Crippen molar-refractivity contribution in [2.75, 3.05) is 123 Å². The Morgan fingerprint density at radius 1 is 0.565 bits per heavy atom. The molecule has 0 bridgehead atoms. The van der Waals surface area contributed by atoms with Gasteiger partial charge in [0, 0.05) is 110 Å². The fourth-order valence-corrected chi connectivity index (χ4v) is 8.83. The molecule has 1 aliphatic heterocycles. The molecule has 1 saturated heterocycles. The number of rotatable bonds is 32. The van der Waals surface area contributed by atoms with Crippen molar-refractivity contribution in [1.82, 2.24) is 56.8 Å². The van der Waals surface area contributed by atoms with Crippen molar-refractivity contribution in [2.45, 2.75) is 63.6 Å². The van der Waals surface area contributed by atoms with Crippen LogP contribution in [0.2, 0.25) is 0 Å². The van der Waals surface area contributed by atoms with Gasteiger partial charge in [0.05, 0.1) is 38.1 Å². The number of guanidine groups is 1. The van der Waals surface area contributed by atoms with Crippen LogP contribution in [0.4, 0.5) is 10.5 Å². The maximum Gasteiger partial charge on any atom is 3.00 e. The number of phenols is 1. The van der Waals surface area contributed by atoms with Crippen LogP contribution in [0.15, 0.2) is 83.9 Å². The number of carboxylic acid groups (broad SMARTS) is 3. The Morgan fingerprint density at radius 2 is 1.08 bits per heavy atom. The van der Waals surface area contributed by atoms with E-state index >= 15 is 0 Å². The summed E-state index contributed by atoms with van der Waals surface area (Å²) in [7, 11) is 0. The molecule has 460 valence electrons. The number of nitrogens with two attached hydrogens (primary N) is 2. The Balaban J connectivity index is 0.0000189. The van der Waals surface area contributed by atoms with Crippen molar-refractivity contribution in [3.63, 3.8) is 0 Å². The Morgan fingerprint density at radius 3 is 1.64 bits per heavy atom. The van der Waals surface area contributed by atoms with Crippen molar-refractivity contribution in [3.05, 3.63) is 95.6 Å². The van der Waals surface area contributed by atoms with Gasteiger partial charge in [0.1, 0.15) is 11.8 Å². The van der Waals surface area contributed by atoms with Crippen LogP contribution < -0.4 is 54.0 Å². The van der Waals surface area contributed by atoms with Crippen LogP contribution in [-0.2, 0) is 44.9 Å². The van der Waals surface area contributed by atoms with Crippen LogP contribution in [0.25, 0.3) is 0 Å². The summed E-state index contributed by atoms with van der Waals surface area (Å²) < 4.78 is 0. The fraction of sp³-hybridized carbons (Fsp3) is 0.500. The molecule has 1 unspecified atom stereocenters. The first-order chi connectivity index (χ1) is 40.3. The number of hydrogen-bond acceptors (Lipinski definition) is 17. The number of nitrogens with zero attached hydrogens (tertiary/aromatic N) is 5. The number of carbonyl (C=O) groups excluding carboxylic acids is 6. The molecule has 0 aromatic heterocycles. The van der Waals surface area contributed by atoms with Gasteiger partial charge in [-0.15, -0.1) is 0 Å². The van der Waals surface area contributed by atoms with Crippen LogP contribution in [0.5, 0.6) is 5.75 Å². The monoisotopic (exact) mass is 1290 g/mol. The Kier molecular flexibility index (Phi) is 33.6. The summed E-state index contributed by atoms with van der Waals surface area (Å²) in [6.45, 7) is 4.39. The number of aromatic hydroxyl groups is 1. The summed E-state index contributed by atoms with van der Waals surface area (Å²) in [4.78, 5) is 124. The third-order valence-corrected chi connectivity index (χ3v) is 13.4. The molecule has 3 atom stereocenters. The number of phenolic OH excluding ortho intramolecular Hbond substituents is 1. The molecule has 1 heterocycles. The number of benzene rings is 3. The van der Waals surface area contributed by atoms with Crippen LogP contribution >= 0.6 is 0 Å². The molecule has 85 heavy (non-hydrogen) atoms. The SMILES string of the molecule is CCC(=O)NCCNC(=O)NC(N)=NCCC[C@@H](NC(=O)C(c1ccccc1)c1ccc(NCCNC(=O)[C@H](N)CCCNC(=O)CN2CCN(CC(=O)O)CCN(CC(=O)O)CCN(CC(=O)O)CC2)cc1)C(=O)NCc1ccc(O)cc1.[In+3]. The molecule has 16 N–H and O–H groups in total. The van der Waals surface area contributed by atoms with E-state index in [1.165, 1.54) is 12.1 Å². The number of carbonyl (C=O) groups is 9. The van der Waals surface area contributed by atoms with Crippen molar-refractivity contribution < 1.29 is 63.6 Å². The Hall–Kier alpha value is -7.57. The molecule has 28 nitrogen and oxygen atoms in total. The molecule has 1 fully saturated rings. The molecule has 1 aliphatic rings. The number of nitrogens with one attached hydrogen (secondary N) is 8. The van der Waals surface area contributed by atoms with Gasteiger partial charge in [-0.2, -0.15) is 0 Å². The van der Waals surface area contributed by atoms with E-state index in [9.17, 15) is 63.6 Å². The van der Waals surface area contributed by atoms with Gasteiger partial charge < -0.3 is 69.1 Å². The van der Waals surface area contributed by atoms with Crippen LogP contribution in [0, 0.1) is 0 Å². The second-order valence-electron chi connectivity index (χ2n) is 20.0.